The van der Waals surface area contributed by atoms with Crippen molar-refractivity contribution in [1.29, 1.82) is 0 Å². The Hall–Kier alpha value is -1.06. The molecule has 0 fully saturated rings. The van der Waals surface area contributed by atoms with Crippen LogP contribution in [0.1, 0.15) is 54.8 Å². The third-order valence-electron chi connectivity index (χ3n) is 3.77. The smallest absolute Gasteiger partial charge is 1.00 e. The molecule has 1 atom stereocenters. The van der Waals surface area contributed by atoms with Gasteiger partial charge in [0.05, 0.1) is 0 Å². The van der Waals surface area contributed by atoms with E-state index in [2.05, 4.69) is 19.1 Å². The average molecular weight is 350 g/mol. The Morgan fingerprint density at radius 1 is 0.960 bits per heavy atom. The largest absolute Gasteiger partial charge is 1.00 e. The minimum absolute atomic E-state index is 0. The quantitative estimate of drug-likeness (QED) is 0.625. The van der Waals surface area contributed by atoms with Crippen LogP contribution < -0.4 is 28.9 Å². The number of benzene rings is 2. The fourth-order valence-electron chi connectivity index (χ4n) is 2.92. The van der Waals surface area contributed by atoms with Gasteiger partial charge in [0, 0.05) is 5.56 Å². The molecule has 0 saturated heterocycles. The van der Waals surface area contributed by atoms with Crippen LogP contribution in [-0.4, -0.2) is 11.1 Å². The van der Waals surface area contributed by atoms with E-state index in [-0.39, 0.29) is 40.0 Å². The van der Waals surface area contributed by atoms with E-state index in [0.717, 1.165) is 33.3 Å². The molecule has 0 saturated carbocycles. The van der Waals surface area contributed by atoms with Crippen LogP contribution in [0.3, 0.4) is 0 Å². The number of aryl methyl sites for hydroxylation is 4. The summed E-state index contributed by atoms with van der Waals surface area (Å²) in [5.74, 6) is 0.851. The molecule has 2 aromatic rings. The van der Waals surface area contributed by atoms with E-state index in [1.165, 1.54) is 5.56 Å². The Bertz CT molecular complexity index is 759. The van der Waals surface area contributed by atoms with E-state index in [4.69, 9.17) is 4.74 Å². The Kier molecular flexibility index (Phi) is 7.51. The van der Waals surface area contributed by atoms with Crippen LogP contribution >= 0.6 is 8.58 Å². The van der Waals surface area contributed by atoms with Gasteiger partial charge in [-0.1, -0.05) is 23.8 Å². The average Bonchev–Trinajstić information content (AvgIpc) is 2.38. The molecule has 2 nitrogen and oxygen atoms in total. The number of carbonyl (C=O) groups excluding carboxylic acids is 1. The van der Waals surface area contributed by atoms with Gasteiger partial charge in [-0.3, -0.25) is 4.79 Å². The number of hydrogen-bond donors (Lipinski definition) is 0. The van der Waals surface area contributed by atoms with Crippen molar-refractivity contribution in [3.8, 4) is 5.75 Å². The summed E-state index contributed by atoms with van der Waals surface area (Å²) >= 11 is 0. The summed E-state index contributed by atoms with van der Waals surface area (Å²) in [6.07, 6.45) is 0. The summed E-state index contributed by atoms with van der Waals surface area (Å²) in [5, 5.41) is 1.08. The summed E-state index contributed by atoms with van der Waals surface area (Å²) in [4.78, 5) is 12.8. The van der Waals surface area contributed by atoms with E-state index in [1.807, 2.05) is 59.7 Å². The van der Waals surface area contributed by atoms with Crippen molar-refractivity contribution in [3.63, 3.8) is 0 Å². The van der Waals surface area contributed by atoms with Crippen molar-refractivity contribution in [1.82, 2.24) is 0 Å². The van der Waals surface area contributed by atoms with E-state index in [1.54, 1.807) is 0 Å². The van der Waals surface area contributed by atoms with Crippen molar-refractivity contribution in [2.75, 3.05) is 0 Å². The minimum atomic E-state index is -0.220. The summed E-state index contributed by atoms with van der Waals surface area (Å²) < 4.78 is 5.90. The van der Waals surface area contributed by atoms with Crippen LogP contribution in [0.25, 0.3) is 0 Å². The second-order valence-corrected chi connectivity index (χ2v) is 8.66. The predicted molar refractivity (Wildman–Crippen MR) is 106 cm³/mol. The molecular weight excluding hydrogens is 322 g/mol. The van der Waals surface area contributed by atoms with Gasteiger partial charge in [-0.05, 0) is 91.2 Å². The maximum Gasteiger partial charge on any atom is 1.00 e. The SMILES string of the molecule is Cc1cc(C)c(C(=O)Pc2ccc(OC(C)(C)C)cc2C)c(C)c1.[H-].[Li+]. The molecule has 0 bridgehead atoms. The molecule has 0 aliphatic rings. The normalized spacial score (nSPS) is 11.5. The zero-order valence-corrected chi connectivity index (χ0v) is 17.7. The molecule has 0 aliphatic heterocycles. The van der Waals surface area contributed by atoms with Gasteiger partial charge in [-0.2, -0.15) is 0 Å². The second kappa shape index (κ2) is 8.55. The zero-order valence-electron chi connectivity index (χ0n) is 17.7. The van der Waals surface area contributed by atoms with Gasteiger partial charge in [0.25, 0.3) is 0 Å². The minimum Gasteiger partial charge on any atom is -1.00 e. The predicted octanol–water partition coefficient (Wildman–Crippen LogP) is 2.36. The Morgan fingerprint density at radius 3 is 2.00 bits per heavy atom. The molecule has 0 radical (unpaired) electrons. The Labute approximate surface area is 167 Å². The molecule has 2 rings (SSSR count). The zero-order chi connectivity index (χ0) is 18.1. The van der Waals surface area contributed by atoms with Crippen LogP contribution in [0.5, 0.6) is 5.75 Å². The van der Waals surface area contributed by atoms with Crippen LogP contribution in [0.2, 0.25) is 0 Å². The number of carbonyl (C=O) groups is 1. The van der Waals surface area contributed by atoms with Crippen LogP contribution in [0.15, 0.2) is 30.3 Å². The van der Waals surface area contributed by atoms with Crippen LogP contribution in [-0.2, 0) is 0 Å². The van der Waals surface area contributed by atoms with Gasteiger partial charge in [-0.15, -0.1) is 0 Å². The summed E-state index contributed by atoms with van der Waals surface area (Å²) in [6, 6.07) is 10.2. The molecule has 0 aliphatic carbocycles. The fourth-order valence-corrected chi connectivity index (χ4v) is 4.12. The van der Waals surface area contributed by atoms with Crippen LogP contribution in [0.4, 0.5) is 0 Å². The van der Waals surface area contributed by atoms with E-state index in [9.17, 15) is 4.79 Å². The molecule has 25 heavy (non-hydrogen) atoms. The molecule has 1 unspecified atom stereocenters. The summed E-state index contributed by atoms with van der Waals surface area (Å²) in [5.41, 5.74) is 5.29. The molecular formula is C21H28LiO2P. The topological polar surface area (TPSA) is 26.3 Å². The molecule has 0 N–H and O–H groups in total. The van der Waals surface area contributed by atoms with Crippen molar-refractivity contribution in [2.24, 2.45) is 0 Å². The number of ether oxygens (including phenoxy) is 1. The van der Waals surface area contributed by atoms with Crippen LogP contribution in [0, 0.1) is 27.7 Å². The van der Waals surface area contributed by atoms with Crippen molar-refractivity contribution in [2.45, 2.75) is 54.1 Å². The number of rotatable bonds is 4. The van der Waals surface area contributed by atoms with E-state index in [0.29, 0.717) is 0 Å². The summed E-state index contributed by atoms with van der Waals surface area (Å²) in [6.45, 7) is 14.2. The first kappa shape index (κ1) is 22.0. The third kappa shape index (κ3) is 6.00. The fraction of sp³-hybridized carbons (Fsp3) is 0.381. The van der Waals surface area contributed by atoms with Gasteiger partial charge in [0.2, 0.25) is 0 Å². The standard InChI is InChI=1S/C21H27O2P.Li.H/c1-13-10-15(3)19(16(4)11-13)20(22)24-18-9-8-17(12-14(18)2)23-21(5,6)7;;/h8-12,24H,1-7H3;;/q;+1;-1. The summed E-state index contributed by atoms with van der Waals surface area (Å²) in [7, 11) is 0.134. The molecule has 0 amide bonds. The van der Waals surface area contributed by atoms with Crippen molar-refractivity contribution in [3.05, 3.63) is 58.1 Å². The number of hydrogen-bond acceptors (Lipinski definition) is 2. The first-order chi connectivity index (χ1) is 11.1. The molecule has 130 valence electrons. The third-order valence-corrected chi connectivity index (χ3v) is 5.08. The molecule has 4 heteroatoms. The monoisotopic (exact) mass is 350 g/mol. The Balaban J connectivity index is 0.00000312. The maximum atomic E-state index is 12.8. The van der Waals surface area contributed by atoms with E-state index >= 15 is 0 Å². The molecule has 0 heterocycles. The van der Waals surface area contributed by atoms with Gasteiger partial charge in [-0.25, -0.2) is 0 Å². The first-order valence-electron chi connectivity index (χ1n) is 8.26. The van der Waals surface area contributed by atoms with Gasteiger partial charge in [0.15, 0.2) is 5.52 Å². The second-order valence-electron chi connectivity index (χ2n) is 7.42. The Morgan fingerprint density at radius 2 is 1.52 bits per heavy atom. The maximum absolute atomic E-state index is 12.8. The first-order valence-corrected chi connectivity index (χ1v) is 9.26. The van der Waals surface area contributed by atoms with E-state index < -0.39 is 0 Å². The van der Waals surface area contributed by atoms with Crippen molar-refractivity contribution < 1.29 is 29.8 Å². The molecule has 2 aromatic carbocycles. The van der Waals surface area contributed by atoms with Gasteiger partial charge >= 0.3 is 18.9 Å². The van der Waals surface area contributed by atoms with Gasteiger partial charge in [0.1, 0.15) is 11.4 Å². The molecule has 0 aromatic heterocycles. The van der Waals surface area contributed by atoms with Gasteiger partial charge < -0.3 is 6.16 Å². The molecule has 0 spiro atoms. The van der Waals surface area contributed by atoms with Crippen molar-refractivity contribution >= 4 is 19.4 Å².